The molecule has 0 aliphatic carbocycles. The van der Waals surface area contributed by atoms with Gasteiger partial charge in [0, 0.05) is 17.3 Å². The Kier molecular flexibility index (Phi) is 4.74. The fourth-order valence-corrected chi connectivity index (χ4v) is 5.97. The van der Waals surface area contributed by atoms with Crippen molar-refractivity contribution in [1.82, 2.24) is 13.7 Å². The van der Waals surface area contributed by atoms with Crippen LogP contribution in [0.3, 0.4) is 0 Å². The molecule has 9 nitrogen and oxygen atoms in total. The van der Waals surface area contributed by atoms with Gasteiger partial charge in [0.25, 0.3) is 20.0 Å². The Morgan fingerprint density at radius 1 is 0.857 bits per heavy atom. The Balaban J connectivity index is 1.58. The van der Waals surface area contributed by atoms with E-state index in [9.17, 15) is 16.8 Å². The Morgan fingerprint density at radius 2 is 1.64 bits per heavy atom. The molecule has 2 aromatic heterocycles. The summed E-state index contributed by atoms with van der Waals surface area (Å²) in [4.78, 5) is 3.86. The fraction of sp³-hybridized carbons (Fsp3) is 0. The Morgan fingerprint density at radius 3 is 2.36 bits per heavy atom. The number of fused-ring (bicyclic) bond motifs is 1. The first-order chi connectivity index (χ1) is 13.4. The van der Waals surface area contributed by atoms with E-state index < -0.39 is 20.0 Å². The van der Waals surface area contributed by atoms with Crippen LogP contribution in [0.5, 0.6) is 0 Å². The number of rotatable bonds is 6. The second kappa shape index (κ2) is 7.09. The van der Waals surface area contributed by atoms with Gasteiger partial charge in [-0.3, -0.25) is 9.44 Å². The molecule has 0 fully saturated rings. The number of anilines is 2. The second-order valence-electron chi connectivity index (χ2n) is 5.46. The van der Waals surface area contributed by atoms with Gasteiger partial charge in [-0.2, -0.15) is 8.75 Å². The first-order valence-electron chi connectivity index (χ1n) is 7.62. The first-order valence-corrected chi connectivity index (χ1v) is 12.2. The molecule has 2 aromatic carbocycles. The van der Waals surface area contributed by atoms with Gasteiger partial charge in [0.15, 0.2) is 5.13 Å². The maximum absolute atomic E-state index is 12.7. The quantitative estimate of drug-likeness (QED) is 0.459. The van der Waals surface area contributed by atoms with Crippen molar-refractivity contribution < 1.29 is 16.8 Å². The SMILES string of the molecule is O=S(=O)(Nc1nccs1)c1ccc(NS(=O)(=O)c2cccc3nsnc23)cc1. The molecular formula is C15H11N5O4S4. The number of hydrogen-bond acceptors (Lipinski definition) is 9. The van der Waals surface area contributed by atoms with Crippen LogP contribution in [-0.4, -0.2) is 30.6 Å². The van der Waals surface area contributed by atoms with Gasteiger partial charge in [0.2, 0.25) is 0 Å². The predicted molar refractivity (Wildman–Crippen MR) is 108 cm³/mol. The van der Waals surface area contributed by atoms with E-state index in [1.54, 1.807) is 17.5 Å². The zero-order chi connectivity index (χ0) is 19.8. The number of hydrogen-bond donors (Lipinski definition) is 2. The van der Waals surface area contributed by atoms with Gasteiger partial charge >= 0.3 is 0 Å². The summed E-state index contributed by atoms with van der Waals surface area (Å²) in [5.41, 5.74) is 0.989. The van der Waals surface area contributed by atoms with Crippen molar-refractivity contribution in [3.63, 3.8) is 0 Å². The molecule has 0 aliphatic heterocycles. The third-order valence-corrected chi connectivity index (χ3v) is 7.74. The third kappa shape index (κ3) is 3.69. The molecule has 0 spiro atoms. The van der Waals surface area contributed by atoms with Gasteiger partial charge in [0.1, 0.15) is 15.9 Å². The topological polar surface area (TPSA) is 131 Å². The summed E-state index contributed by atoms with van der Waals surface area (Å²) in [5, 5.41) is 1.89. The van der Waals surface area contributed by atoms with E-state index in [1.165, 1.54) is 36.5 Å². The largest absolute Gasteiger partial charge is 0.280 e. The molecule has 144 valence electrons. The fourth-order valence-electron chi connectivity index (χ4n) is 2.36. The molecule has 13 heteroatoms. The minimum atomic E-state index is -3.92. The van der Waals surface area contributed by atoms with E-state index in [0.29, 0.717) is 5.52 Å². The molecule has 2 heterocycles. The van der Waals surface area contributed by atoms with Crippen molar-refractivity contribution in [1.29, 1.82) is 0 Å². The van der Waals surface area contributed by atoms with Gasteiger partial charge in [-0.05, 0) is 36.4 Å². The second-order valence-corrected chi connectivity index (χ2v) is 10.2. The van der Waals surface area contributed by atoms with E-state index in [-0.39, 0.29) is 26.1 Å². The minimum absolute atomic E-state index is 0.000819. The molecule has 0 saturated heterocycles. The molecule has 4 aromatic rings. The molecule has 0 saturated carbocycles. The highest BCUT2D eigenvalue weighted by atomic mass is 32.2. The van der Waals surface area contributed by atoms with Gasteiger partial charge in [0.05, 0.1) is 16.6 Å². The molecule has 28 heavy (non-hydrogen) atoms. The Bertz CT molecular complexity index is 1330. The molecule has 0 unspecified atom stereocenters. The van der Waals surface area contributed by atoms with Crippen LogP contribution in [0.1, 0.15) is 0 Å². The lowest BCUT2D eigenvalue weighted by molar-refractivity contribution is 0.600. The van der Waals surface area contributed by atoms with Crippen molar-refractivity contribution in [2.75, 3.05) is 9.44 Å². The summed E-state index contributed by atoms with van der Waals surface area (Å²) >= 11 is 2.08. The molecule has 0 atom stereocenters. The van der Waals surface area contributed by atoms with Crippen molar-refractivity contribution in [3.05, 3.63) is 54.0 Å². The van der Waals surface area contributed by atoms with Gasteiger partial charge in [-0.1, -0.05) is 6.07 Å². The normalized spacial score (nSPS) is 12.1. The van der Waals surface area contributed by atoms with E-state index in [2.05, 4.69) is 23.2 Å². The van der Waals surface area contributed by atoms with E-state index in [1.807, 2.05) is 0 Å². The van der Waals surface area contributed by atoms with E-state index >= 15 is 0 Å². The van der Waals surface area contributed by atoms with Crippen molar-refractivity contribution in [3.8, 4) is 0 Å². The molecule has 0 amide bonds. The standard InChI is InChI=1S/C15H11N5O4S4/c21-27(22,20-15-16-8-9-25-15)11-6-4-10(5-7-11)19-28(23,24)13-3-1-2-12-14(13)18-26-17-12/h1-9,19H,(H,16,20). The number of thiazole rings is 1. The Labute approximate surface area is 168 Å². The zero-order valence-corrected chi connectivity index (χ0v) is 17.1. The summed E-state index contributed by atoms with van der Waals surface area (Å²) in [6, 6.07) is 10.0. The maximum atomic E-state index is 12.7. The molecular weight excluding hydrogens is 442 g/mol. The first kappa shape index (κ1) is 18.7. The predicted octanol–water partition coefficient (Wildman–Crippen LogP) is 2.75. The van der Waals surface area contributed by atoms with Crippen molar-refractivity contribution >= 4 is 65.0 Å². The smallest absolute Gasteiger partial charge is 0.264 e. The molecule has 0 radical (unpaired) electrons. The Hall–Kier alpha value is -2.61. The number of benzene rings is 2. The van der Waals surface area contributed by atoms with Crippen LogP contribution < -0.4 is 9.44 Å². The lowest BCUT2D eigenvalue weighted by atomic mass is 10.3. The average Bonchev–Trinajstić information content (AvgIpc) is 3.32. The number of sulfonamides is 2. The van der Waals surface area contributed by atoms with Crippen molar-refractivity contribution in [2.45, 2.75) is 9.79 Å². The number of aromatic nitrogens is 3. The summed E-state index contributed by atoms with van der Waals surface area (Å²) < 4.78 is 62.9. The summed E-state index contributed by atoms with van der Waals surface area (Å²) in [7, 11) is -7.73. The highest BCUT2D eigenvalue weighted by Gasteiger charge is 2.20. The van der Waals surface area contributed by atoms with Crippen LogP contribution in [0.25, 0.3) is 11.0 Å². The minimum Gasteiger partial charge on any atom is -0.280 e. The summed E-state index contributed by atoms with van der Waals surface area (Å²) in [5.74, 6) is 0. The van der Waals surface area contributed by atoms with E-state index in [0.717, 1.165) is 23.1 Å². The van der Waals surface area contributed by atoms with Crippen LogP contribution in [0.2, 0.25) is 0 Å². The van der Waals surface area contributed by atoms with Gasteiger partial charge in [-0.15, -0.1) is 11.3 Å². The summed E-state index contributed by atoms with van der Waals surface area (Å²) in [6.07, 6.45) is 1.48. The zero-order valence-electron chi connectivity index (χ0n) is 13.8. The van der Waals surface area contributed by atoms with Crippen LogP contribution in [0.4, 0.5) is 10.8 Å². The highest BCUT2D eigenvalue weighted by molar-refractivity contribution is 7.93. The third-order valence-electron chi connectivity index (χ3n) is 3.61. The lowest BCUT2D eigenvalue weighted by Gasteiger charge is -2.10. The molecule has 0 aliphatic rings. The van der Waals surface area contributed by atoms with Crippen molar-refractivity contribution in [2.24, 2.45) is 0 Å². The van der Waals surface area contributed by atoms with Crippen LogP contribution in [0.15, 0.2) is 63.8 Å². The molecule has 2 N–H and O–H groups in total. The highest BCUT2D eigenvalue weighted by Crippen LogP contribution is 2.25. The molecule has 0 bridgehead atoms. The molecule has 4 rings (SSSR count). The lowest BCUT2D eigenvalue weighted by Crippen LogP contribution is -2.15. The maximum Gasteiger partial charge on any atom is 0.264 e. The number of nitrogens with zero attached hydrogens (tertiary/aromatic N) is 3. The average molecular weight is 454 g/mol. The van der Waals surface area contributed by atoms with E-state index in [4.69, 9.17) is 0 Å². The monoisotopic (exact) mass is 453 g/mol. The van der Waals surface area contributed by atoms with Crippen LogP contribution in [0, 0.1) is 0 Å². The van der Waals surface area contributed by atoms with Gasteiger partial charge in [-0.25, -0.2) is 21.8 Å². The van der Waals surface area contributed by atoms with Gasteiger partial charge < -0.3 is 0 Å². The van der Waals surface area contributed by atoms with Crippen LogP contribution in [-0.2, 0) is 20.0 Å². The van der Waals surface area contributed by atoms with Crippen LogP contribution >= 0.6 is 23.1 Å². The summed E-state index contributed by atoms with van der Waals surface area (Å²) in [6.45, 7) is 0. The number of nitrogens with one attached hydrogen (secondary N) is 2.